The molecule has 0 aliphatic carbocycles. The van der Waals surface area contributed by atoms with E-state index in [2.05, 4.69) is 18.0 Å². The van der Waals surface area contributed by atoms with Crippen molar-refractivity contribution in [1.29, 1.82) is 0 Å². The quantitative estimate of drug-likeness (QED) is 0.478. The van der Waals surface area contributed by atoms with E-state index in [1.54, 1.807) is 12.1 Å². The van der Waals surface area contributed by atoms with Gasteiger partial charge in [0.1, 0.15) is 11.3 Å². The summed E-state index contributed by atoms with van der Waals surface area (Å²) in [4.78, 5) is 4.60. The number of benzene rings is 2. The molecule has 0 unspecified atom stereocenters. The predicted octanol–water partition coefficient (Wildman–Crippen LogP) is 1.59. The van der Waals surface area contributed by atoms with Gasteiger partial charge in [0.2, 0.25) is 5.89 Å². The molecule has 0 radical (unpaired) electrons. The van der Waals surface area contributed by atoms with Gasteiger partial charge in [0, 0.05) is 23.3 Å². The van der Waals surface area contributed by atoms with E-state index in [0.717, 1.165) is 27.8 Å². The van der Waals surface area contributed by atoms with Gasteiger partial charge in [-0.3, -0.25) is 0 Å². The second kappa shape index (κ2) is 7.38. The summed E-state index contributed by atoms with van der Waals surface area (Å²) in [6.45, 7) is 4.70. The summed E-state index contributed by atoms with van der Waals surface area (Å²) in [5, 5.41) is 0. The molecule has 4 rings (SSSR count). The third-order valence-electron chi connectivity index (χ3n) is 4.21. The lowest BCUT2D eigenvalue weighted by Gasteiger charge is -1.99. The summed E-state index contributed by atoms with van der Waals surface area (Å²) >= 11 is 0. The maximum absolute atomic E-state index is 13.3. The molecule has 3 nitrogen and oxygen atoms in total. The lowest BCUT2D eigenvalue weighted by Crippen LogP contribution is -3.00. The highest BCUT2D eigenvalue weighted by Crippen LogP contribution is 2.26. The van der Waals surface area contributed by atoms with E-state index < -0.39 is 0 Å². The van der Waals surface area contributed by atoms with Gasteiger partial charge in [-0.05, 0) is 43.2 Å². The van der Waals surface area contributed by atoms with E-state index in [1.807, 2.05) is 48.1 Å². The molecule has 2 aromatic carbocycles. The first kappa shape index (κ1) is 18.3. The lowest BCUT2D eigenvalue weighted by molar-refractivity contribution is -0.688. The predicted molar refractivity (Wildman–Crippen MR) is 94.6 cm³/mol. The molecule has 0 spiro atoms. The summed E-state index contributed by atoms with van der Waals surface area (Å²) < 4.78 is 21.2. The van der Waals surface area contributed by atoms with E-state index >= 15 is 0 Å². The van der Waals surface area contributed by atoms with Gasteiger partial charge in [0.25, 0.3) is 0 Å². The Labute approximate surface area is 161 Å². The second-order valence-corrected chi connectivity index (χ2v) is 6.34. The topological polar surface area (TPSA) is 29.9 Å². The van der Waals surface area contributed by atoms with Gasteiger partial charge in [0.05, 0.1) is 0 Å². The number of pyridine rings is 1. The minimum absolute atomic E-state index is 0. The number of hydrogen-bond acceptors (Lipinski definition) is 2. The van der Waals surface area contributed by atoms with Gasteiger partial charge < -0.3 is 21.4 Å². The highest BCUT2D eigenvalue weighted by atomic mass is 79.9. The number of nitrogens with zero attached hydrogens (tertiary/aromatic N) is 2. The fourth-order valence-corrected chi connectivity index (χ4v) is 3.05. The number of fused-ring (bicyclic) bond motifs is 1. The van der Waals surface area contributed by atoms with Gasteiger partial charge in [-0.2, -0.15) is 0 Å². The van der Waals surface area contributed by atoms with Crippen molar-refractivity contribution in [3.63, 3.8) is 0 Å². The Kier molecular flexibility index (Phi) is 5.18. The molecular formula is C21H18BrFN2O. The Balaban J connectivity index is 0.00000196. The largest absolute Gasteiger partial charge is 1.00 e. The zero-order chi connectivity index (χ0) is 17.4. The van der Waals surface area contributed by atoms with Crippen LogP contribution in [0.3, 0.4) is 0 Å². The highest BCUT2D eigenvalue weighted by Gasteiger charge is 2.12. The summed E-state index contributed by atoms with van der Waals surface area (Å²) in [6.07, 6.45) is 3.90. The van der Waals surface area contributed by atoms with E-state index in [4.69, 9.17) is 4.42 Å². The van der Waals surface area contributed by atoms with Crippen LogP contribution in [0.4, 0.5) is 4.39 Å². The number of aromatic nitrogens is 2. The van der Waals surface area contributed by atoms with Crippen LogP contribution in [0, 0.1) is 19.7 Å². The molecule has 0 aliphatic heterocycles. The molecule has 4 aromatic rings. The van der Waals surface area contributed by atoms with Crippen molar-refractivity contribution >= 4 is 11.1 Å². The monoisotopic (exact) mass is 412 g/mol. The zero-order valence-corrected chi connectivity index (χ0v) is 16.1. The van der Waals surface area contributed by atoms with Crippen LogP contribution < -0.4 is 21.5 Å². The molecule has 2 heterocycles. The SMILES string of the molecule is Cc1cc(C)c2oc(-c3cc[n+](Cc4cccc(F)c4)cc3)nc2c1.[Br-]. The van der Waals surface area contributed by atoms with Crippen LogP contribution in [0.25, 0.3) is 22.6 Å². The Morgan fingerprint density at radius 3 is 2.54 bits per heavy atom. The molecular weight excluding hydrogens is 395 g/mol. The molecule has 132 valence electrons. The smallest absolute Gasteiger partial charge is 0.227 e. The fraction of sp³-hybridized carbons (Fsp3) is 0.143. The fourth-order valence-electron chi connectivity index (χ4n) is 3.05. The van der Waals surface area contributed by atoms with Crippen molar-refractivity contribution in [2.24, 2.45) is 0 Å². The first-order valence-corrected chi connectivity index (χ1v) is 8.20. The van der Waals surface area contributed by atoms with E-state index in [-0.39, 0.29) is 22.8 Å². The maximum Gasteiger partial charge on any atom is 0.227 e. The number of halogens is 2. The first-order chi connectivity index (χ1) is 12.1. The van der Waals surface area contributed by atoms with Crippen LogP contribution in [-0.2, 0) is 6.54 Å². The van der Waals surface area contributed by atoms with Crippen LogP contribution in [0.5, 0.6) is 0 Å². The minimum Gasteiger partial charge on any atom is -1.00 e. The summed E-state index contributed by atoms with van der Waals surface area (Å²) in [5.41, 5.74) is 5.81. The molecule has 5 heteroatoms. The van der Waals surface area contributed by atoms with Gasteiger partial charge in [-0.15, -0.1) is 0 Å². The third kappa shape index (κ3) is 3.68. The zero-order valence-electron chi connectivity index (χ0n) is 14.5. The number of hydrogen-bond donors (Lipinski definition) is 0. The molecule has 0 saturated carbocycles. The molecule has 0 aliphatic rings. The summed E-state index contributed by atoms with van der Waals surface area (Å²) in [7, 11) is 0. The van der Waals surface area contributed by atoms with Gasteiger partial charge in [-0.1, -0.05) is 18.2 Å². The molecule has 0 amide bonds. The molecule has 0 fully saturated rings. The van der Waals surface area contributed by atoms with Gasteiger partial charge in [-0.25, -0.2) is 13.9 Å². The van der Waals surface area contributed by atoms with Gasteiger partial charge >= 0.3 is 0 Å². The molecule has 0 bridgehead atoms. The number of oxazole rings is 1. The Bertz CT molecular complexity index is 1060. The molecule has 26 heavy (non-hydrogen) atoms. The average Bonchev–Trinajstić information content (AvgIpc) is 3.00. The standard InChI is InChI=1S/C21H18FN2O.BrH/c1-14-10-15(2)20-19(11-14)23-21(25-20)17-6-8-24(9-7-17)13-16-4-3-5-18(22)12-16;/h3-12H,13H2,1-2H3;1H/q+1;/p-1. The minimum atomic E-state index is -0.216. The number of aryl methyl sites for hydroxylation is 2. The summed E-state index contributed by atoms with van der Waals surface area (Å²) in [6, 6.07) is 14.7. The highest BCUT2D eigenvalue weighted by molar-refractivity contribution is 5.79. The molecule has 0 saturated heterocycles. The molecule has 0 atom stereocenters. The first-order valence-electron chi connectivity index (χ1n) is 8.20. The Hall–Kier alpha value is -2.53. The van der Waals surface area contributed by atoms with Crippen LogP contribution in [0.15, 0.2) is 65.3 Å². The maximum atomic E-state index is 13.3. The average molecular weight is 413 g/mol. The summed E-state index contributed by atoms with van der Waals surface area (Å²) in [5.74, 6) is 0.397. The lowest BCUT2D eigenvalue weighted by atomic mass is 10.1. The number of rotatable bonds is 3. The van der Waals surface area contributed by atoms with Crippen molar-refractivity contribution in [2.45, 2.75) is 20.4 Å². The van der Waals surface area contributed by atoms with Crippen molar-refractivity contribution in [2.75, 3.05) is 0 Å². The van der Waals surface area contributed by atoms with E-state index in [1.165, 1.54) is 11.6 Å². The van der Waals surface area contributed by atoms with Crippen LogP contribution in [0.1, 0.15) is 16.7 Å². The van der Waals surface area contributed by atoms with Crippen molar-refractivity contribution in [1.82, 2.24) is 4.98 Å². The van der Waals surface area contributed by atoms with Gasteiger partial charge in [0.15, 0.2) is 24.5 Å². The van der Waals surface area contributed by atoms with E-state index in [9.17, 15) is 4.39 Å². The van der Waals surface area contributed by atoms with Crippen molar-refractivity contribution < 1.29 is 30.4 Å². The normalized spacial score (nSPS) is 10.7. The molecule has 2 aromatic heterocycles. The van der Waals surface area contributed by atoms with Crippen LogP contribution in [-0.4, -0.2) is 4.98 Å². The van der Waals surface area contributed by atoms with Crippen LogP contribution >= 0.6 is 0 Å². The second-order valence-electron chi connectivity index (χ2n) is 6.34. The third-order valence-corrected chi connectivity index (χ3v) is 4.21. The molecule has 0 N–H and O–H groups in total. The Morgan fingerprint density at radius 2 is 1.81 bits per heavy atom. The van der Waals surface area contributed by atoms with Crippen LogP contribution in [0.2, 0.25) is 0 Å². The van der Waals surface area contributed by atoms with Crippen molar-refractivity contribution in [3.8, 4) is 11.5 Å². The van der Waals surface area contributed by atoms with E-state index in [0.29, 0.717) is 12.4 Å². The van der Waals surface area contributed by atoms with Crippen molar-refractivity contribution in [3.05, 3.63) is 83.4 Å². The Morgan fingerprint density at radius 1 is 1.04 bits per heavy atom.